The molecule has 0 aliphatic rings. The number of aromatic nitrogens is 2. The lowest BCUT2D eigenvalue weighted by atomic mass is 10.2. The average Bonchev–Trinajstić information content (AvgIpc) is 2.83. The number of oxime groups is 1. The molecule has 0 aliphatic carbocycles. The van der Waals surface area contributed by atoms with Crippen molar-refractivity contribution in [2.24, 2.45) is 10.9 Å². The molecule has 1 aromatic carbocycles. The molecule has 0 aliphatic heterocycles. The Bertz CT molecular complexity index is 605. The summed E-state index contributed by atoms with van der Waals surface area (Å²) in [6.45, 7) is 4.41. The molecule has 0 spiro atoms. The Morgan fingerprint density at radius 1 is 1.45 bits per heavy atom. The summed E-state index contributed by atoms with van der Waals surface area (Å²) in [4.78, 5) is 2.12. The molecule has 0 saturated heterocycles. The SMILES string of the molecule is CCn1nc(CN(C)CCC(N)=NO)c2ccccc21. The van der Waals surface area contributed by atoms with E-state index in [9.17, 15) is 0 Å². The highest BCUT2D eigenvalue weighted by molar-refractivity contribution is 5.82. The van der Waals surface area contributed by atoms with Crippen molar-refractivity contribution in [3.8, 4) is 0 Å². The summed E-state index contributed by atoms with van der Waals surface area (Å²) >= 11 is 0. The topological polar surface area (TPSA) is 79.7 Å². The second-order valence-corrected chi connectivity index (χ2v) is 4.86. The zero-order chi connectivity index (χ0) is 14.5. The Labute approximate surface area is 118 Å². The van der Waals surface area contributed by atoms with Crippen LogP contribution in [0.2, 0.25) is 0 Å². The molecule has 1 heterocycles. The molecule has 0 unspecified atom stereocenters. The Morgan fingerprint density at radius 2 is 2.20 bits per heavy atom. The molecule has 0 amide bonds. The molecular formula is C14H21N5O. The van der Waals surface area contributed by atoms with Gasteiger partial charge in [0.2, 0.25) is 0 Å². The summed E-state index contributed by atoms with van der Waals surface area (Å²) in [6, 6.07) is 8.25. The highest BCUT2D eigenvalue weighted by atomic mass is 16.4. The van der Waals surface area contributed by atoms with Crippen LogP contribution in [0.4, 0.5) is 0 Å². The van der Waals surface area contributed by atoms with E-state index in [1.807, 2.05) is 23.9 Å². The van der Waals surface area contributed by atoms with E-state index in [4.69, 9.17) is 10.9 Å². The fourth-order valence-electron chi connectivity index (χ4n) is 2.24. The van der Waals surface area contributed by atoms with Crippen LogP contribution in [0.3, 0.4) is 0 Å². The largest absolute Gasteiger partial charge is 0.409 e. The van der Waals surface area contributed by atoms with Crippen molar-refractivity contribution in [2.45, 2.75) is 26.4 Å². The molecule has 108 valence electrons. The van der Waals surface area contributed by atoms with E-state index in [2.05, 4.69) is 34.2 Å². The van der Waals surface area contributed by atoms with Gasteiger partial charge in [0, 0.05) is 31.4 Å². The van der Waals surface area contributed by atoms with E-state index < -0.39 is 0 Å². The number of para-hydroxylation sites is 1. The van der Waals surface area contributed by atoms with Crippen LogP contribution in [0.25, 0.3) is 10.9 Å². The third-order valence-electron chi connectivity index (χ3n) is 3.33. The van der Waals surface area contributed by atoms with Crippen LogP contribution < -0.4 is 5.73 Å². The first-order chi connectivity index (χ1) is 9.65. The van der Waals surface area contributed by atoms with Gasteiger partial charge in [-0.3, -0.25) is 4.68 Å². The first kappa shape index (κ1) is 14.3. The lowest BCUT2D eigenvalue weighted by molar-refractivity contribution is 0.308. The molecule has 2 aromatic rings. The Hall–Kier alpha value is -2.08. The number of nitrogens with two attached hydrogens (primary N) is 1. The molecule has 0 radical (unpaired) electrons. The number of nitrogens with zero attached hydrogens (tertiary/aromatic N) is 4. The van der Waals surface area contributed by atoms with Crippen molar-refractivity contribution < 1.29 is 5.21 Å². The summed E-state index contributed by atoms with van der Waals surface area (Å²) in [7, 11) is 2.00. The highest BCUT2D eigenvalue weighted by Gasteiger charge is 2.11. The van der Waals surface area contributed by atoms with Gasteiger partial charge in [-0.05, 0) is 20.0 Å². The molecule has 6 heteroatoms. The third-order valence-corrected chi connectivity index (χ3v) is 3.33. The van der Waals surface area contributed by atoms with E-state index in [1.165, 1.54) is 5.39 Å². The van der Waals surface area contributed by atoms with E-state index in [0.717, 1.165) is 30.8 Å². The van der Waals surface area contributed by atoms with Gasteiger partial charge in [0.15, 0.2) is 0 Å². The van der Waals surface area contributed by atoms with Gasteiger partial charge in [-0.1, -0.05) is 23.4 Å². The Balaban J connectivity index is 2.13. The maximum Gasteiger partial charge on any atom is 0.140 e. The fourth-order valence-corrected chi connectivity index (χ4v) is 2.24. The normalized spacial score (nSPS) is 12.4. The van der Waals surface area contributed by atoms with Crippen LogP contribution in [0.1, 0.15) is 19.0 Å². The summed E-state index contributed by atoms with van der Waals surface area (Å²) in [5.41, 5.74) is 7.71. The van der Waals surface area contributed by atoms with Crippen molar-refractivity contribution >= 4 is 16.7 Å². The fraction of sp³-hybridized carbons (Fsp3) is 0.429. The second-order valence-electron chi connectivity index (χ2n) is 4.86. The second kappa shape index (κ2) is 6.38. The molecule has 1 aromatic heterocycles. The monoisotopic (exact) mass is 275 g/mol. The van der Waals surface area contributed by atoms with Gasteiger partial charge in [-0.2, -0.15) is 5.10 Å². The van der Waals surface area contributed by atoms with Gasteiger partial charge in [0.05, 0.1) is 11.2 Å². The number of rotatable bonds is 6. The van der Waals surface area contributed by atoms with Crippen LogP contribution in [0, 0.1) is 0 Å². The standard InChI is InChI=1S/C14H21N5O/c1-3-19-13-7-5-4-6-11(13)12(16-19)10-18(2)9-8-14(15)17-20/h4-7,20H,3,8-10H2,1-2H3,(H2,15,17). The maximum absolute atomic E-state index is 8.54. The van der Waals surface area contributed by atoms with E-state index >= 15 is 0 Å². The predicted octanol–water partition coefficient (Wildman–Crippen LogP) is 1.62. The van der Waals surface area contributed by atoms with Gasteiger partial charge in [-0.15, -0.1) is 0 Å². The van der Waals surface area contributed by atoms with Crippen molar-refractivity contribution in [1.29, 1.82) is 0 Å². The van der Waals surface area contributed by atoms with Crippen LogP contribution in [-0.2, 0) is 13.1 Å². The van der Waals surface area contributed by atoms with E-state index in [0.29, 0.717) is 6.42 Å². The Kier molecular flexibility index (Phi) is 4.57. The molecule has 20 heavy (non-hydrogen) atoms. The van der Waals surface area contributed by atoms with Gasteiger partial charge in [0.25, 0.3) is 0 Å². The Morgan fingerprint density at radius 3 is 2.90 bits per heavy atom. The van der Waals surface area contributed by atoms with Gasteiger partial charge in [0.1, 0.15) is 5.84 Å². The summed E-state index contributed by atoms with van der Waals surface area (Å²) < 4.78 is 2.02. The molecule has 0 saturated carbocycles. The average molecular weight is 275 g/mol. The van der Waals surface area contributed by atoms with E-state index in [1.54, 1.807) is 0 Å². The van der Waals surface area contributed by atoms with Gasteiger partial charge < -0.3 is 15.8 Å². The molecule has 6 nitrogen and oxygen atoms in total. The first-order valence-corrected chi connectivity index (χ1v) is 6.75. The number of aryl methyl sites for hydroxylation is 1. The van der Waals surface area contributed by atoms with E-state index in [-0.39, 0.29) is 5.84 Å². The smallest absolute Gasteiger partial charge is 0.140 e. The zero-order valence-electron chi connectivity index (χ0n) is 12.0. The minimum Gasteiger partial charge on any atom is -0.409 e. The highest BCUT2D eigenvalue weighted by Crippen LogP contribution is 2.19. The van der Waals surface area contributed by atoms with Crippen LogP contribution >= 0.6 is 0 Å². The molecule has 0 atom stereocenters. The van der Waals surface area contributed by atoms with Gasteiger partial charge in [-0.25, -0.2) is 0 Å². The van der Waals surface area contributed by atoms with Crippen molar-refractivity contribution in [1.82, 2.24) is 14.7 Å². The minimum atomic E-state index is 0.251. The van der Waals surface area contributed by atoms with Gasteiger partial charge >= 0.3 is 0 Å². The summed E-state index contributed by atoms with van der Waals surface area (Å²) in [6.07, 6.45) is 0.541. The van der Waals surface area contributed by atoms with Crippen molar-refractivity contribution in [2.75, 3.05) is 13.6 Å². The number of benzene rings is 1. The van der Waals surface area contributed by atoms with Crippen molar-refractivity contribution in [3.63, 3.8) is 0 Å². The lowest BCUT2D eigenvalue weighted by Gasteiger charge is -2.14. The first-order valence-electron chi connectivity index (χ1n) is 6.75. The third kappa shape index (κ3) is 3.08. The molecule has 3 N–H and O–H groups in total. The predicted molar refractivity (Wildman–Crippen MR) is 79.8 cm³/mol. The number of hydrogen-bond donors (Lipinski definition) is 2. The minimum absolute atomic E-state index is 0.251. The summed E-state index contributed by atoms with van der Waals surface area (Å²) in [5, 5.41) is 17.4. The maximum atomic E-state index is 8.54. The summed E-state index contributed by atoms with van der Waals surface area (Å²) in [5.74, 6) is 0.251. The van der Waals surface area contributed by atoms with Crippen molar-refractivity contribution in [3.05, 3.63) is 30.0 Å². The zero-order valence-corrected chi connectivity index (χ0v) is 12.0. The molecule has 0 bridgehead atoms. The molecule has 0 fully saturated rings. The number of fused-ring (bicyclic) bond motifs is 1. The van der Waals surface area contributed by atoms with Crippen LogP contribution in [0.5, 0.6) is 0 Å². The molecule has 2 rings (SSSR count). The lowest BCUT2D eigenvalue weighted by Crippen LogP contribution is -2.24. The quantitative estimate of drug-likeness (QED) is 0.363. The number of amidine groups is 1. The van der Waals surface area contributed by atoms with Crippen LogP contribution in [0.15, 0.2) is 29.4 Å². The number of hydrogen-bond acceptors (Lipinski definition) is 4. The van der Waals surface area contributed by atoms with Crippen LogP contribution in [-0.4, -0.2) is 39.3 Å². The molecular weight excluding hydrogens is 254 g/mol.